The van der Waals surface area contributed by atoms with Gasteiger partial charge in [0.05, 0.1) is 11.9 Å². The molecule has 0 fully saturated rings. The Morgan fingerprint density at radius 2 is 2.06 bits per heavy atom. The van der Waals surface area contributed by atoms with Gasteiger partial charge >= 0.3 is 0 Å². The third-order valence-electron chi connectivity index (χ3n) is 2.01. The van der Waals surface area contributed by atoms with Crippen molar-refractivity contribution in [3.63, 3.8) is 0 Å². The number of rotatable bonds is 2. The molecule has 0 aliphatic carbocycles. The van der Waals surface area contributed by atoms with E-state index in [1.807, 2.05) is 19.1 Å². The van der Waals surface area contributed by atoms with E-state index in [0.717, 1.165) is 11.4 Å². The van der Waals surface area contributed by atoms with Crippen molar-refractivity contribution in [3.05, 3.63) is 35.5 Å². The minimum absolute atomic E-state index is 0.234. The topological polar surface area (TPSA) is 76.7 Å². The van der Waals surface area contributed by atoms with Gasteiger partial charge in [-0.25, -0.2) is 9.97 Å². The molecule has 0 amide bonds. The zero-order chi connectivity index (χ0) is 11.5. The van der Waals surface area contributed by atoms with Gasteiger partial charge in [-0.15, -0.1) is 0 Å². The van der Waals surface area contributed by atoms with Crippen molar-refractivity contribution in [2.75, 3.05) is 11.1 Å². The van der Waals surface area contributed by atoms with E-state index >= 15 is 0 Å². The van der Waals surface area contributed by atoms with Crippen LogP contribution in [0.15, 0.2) is 24.7 Å². The monoisotopic (exact) mass is 235 g/mol. The van der Waals surface area contributed by atoms with Gasteiger partial charge in [0.2, 0.25) is 0 Å². The maximum atomic E-state index is 5.77. The second kappa shape index (κ2) is 4.32. The van der Waals surface area contributed by atoms with E-state index < -0.39 is 0 Å². The fourth-order valence-corrected chi connectivity index (χ4v) is 1.29. The molecule has 0 atom stereocenters. The molecule has 0 saturated heterocycles. The standard InChI is InChI=1S/C10H10ClN5/c1-6-2-3-7(4-13-6)16-10-8(12)9(11)14-5-15-10/h2-5H,12H2,1H3,(H,14,15,16). The summed E-state index contributed by atoms with van der Waals surface area (Å²) in [4.78, 5) is 11.9. The van der Waals surface area contributed by atoms with Gasteiger partial charge in [0.15, 0.2) is 11.0 Å². The Morgan fingerprint density at radius 3 is 2.75 bits per heavy atom. The number of nitrogens with zero attached hydrogens (tertiary/aromatic N) is 3. The summed E-state index contributed by atoms with van der Waals surface area (Å²) in [5, 5.41) is 3.25. The Bertz CT molecular complexity index is 497. The fraction of sp³-hybridized carbons (Fsp3) is 0.100. The summed E-state index contributed by atoms with van der Waals surface area (Å²) in [7, 11) is 0. The highest BCUT2D eigenvalue weighted by Gasteiger charge is 2.05. The first-order valence-corrected chi connectivity index (χ1v) is 5.00. The molecular weight excluding hydrogens is 226 g/mol. The number of anilines is 3. The highest BCUT2D eigenvalue weighted by molar-refractivity contribution is 6.32. The molecule has 2 aromatic heterocycles. The fourth-order valence-electron chi connectivity index (χ4n) is 1.15. The summed E-state index contributed by atoms with van der Waals surface area (Å²) >= 11 is 5.77. The van der Waals surface area contributed by atoms with E-state index in [2.05, 4.69) is 20.3 Å². The molecule has 0 bridgehead atoms. The molecular formula is C10H10ClN5. The van der Waals surface area contributed by atoms with Gasteiger partial charge in [0.25, 0.3) is 0 Å². The lowest BCUT2D eigenvalue weighted by molar-refractivity contribution is 1.16. The first kappa shape index (κ1) is 10.6. The zero-order valence-electron chi connectivity index (χ0n) is 8.61. The zero-order valence-corrected chi connectivity index (χ0v) is 9.36. The summed E-state index contributed by atoms with van der Waals surface area (Å²) in [6.07, 6.45) is 3.05. The molecule has 0 spiro atoms. The number of aryl methyl sites for hydroxylation is 1. The summed E-state index contributed by atoms with van der Waals surface area (Å²) in [6.45, 7) is 1.92. The third kappa shape index (κ3) is 2.20. The van der Waals surface area contributed by atoms with Gasteiger partial charge in [0.1, 0.15) is 12.0 Å². The first-order chi connectivity index (χ1) is 7.66. The molecule has 16 heavy (non-hydrogen) atoms. The molecule has 5 nitrogen and oxygen atoms in total. The van der Waals surface area contributed by atoms with Gasteiger partial charge < -0.3 is 11.1 Å². The van der Waals surface area contributed by atoms with Crippen molar-refractivity contribution in [1.82, 2.24) is 15.0 Å². The summed E-state index contributed by atoms with van der Waals surface area (Å²) in [5.41, 5.74) is 7.79. The van der Waals surface area contributed by atoms with Crippen molar-refractivity contribution >= 4 is 28.8 Å². The van der Waals surface area contributed by atoms with Gasteiger partial charge in [-0.2, -0.15) is 0 Å². The van der Waals surface area contributed by atoms with Gasteiger partial charge in [0, 0.05) is 5.69 Å². The van der Waals surface area contributed by atoms with Crippen LogP contribution in [-0.4, -0.2) is 15.0 Å². The molecule has 2 rings (SSSR count). The van der Waals surface area contributed by atoms with Crippen LogP contribution in [0.1, 0.15) is 5.69 Å². The highest BCUT2D eigenvalue weighted by Crippen LogP contribution is 2.24. The van der Waals surface area contributed by atoms with Crippen molar-refractivity contribution < 1.29 is 0 Å². The number of aromatic nitrogens is 3. The number of pyridine rings is 1. The molecule has 2 aromatic rings. The smallest absolute Gasteiger partial charge is 0.158 e. The van der Waals surface area contributed by atoms with E-state index in [-0.39, 0.29) is 5.15 Å². The van der Waals surface area contributed by atoms with E-state index in [0.29, 0.717) is 11.5 Å². The van der Waals surface area contributed by atoms with Crippen LogP contribution < -0.4 is 11.1 Å². The summed E-state index contributed by atoms with van der Waals surface area (Å²) in [6, 6.07) is 3.78. The molecule has 6 heteroatoms. The van der Waals surface area contributed by atoms with E-state index in [9.17, 15) is 0 Å². The Morgan fingerprint density at radius 1 is 1.25 bits per heavy atom. The third-order valence-corrected chi connectivity index (χ3v) is 2.31. The van der Waals surface area contributed by atoms with E-state index in [1.54, 1.807) is 6.20 Å². The number of nitrogens with two attached hydrogens (primary N) is 1. The second-order valence-corrected chi connectivity index (χ2v) is 3.60. The minimum Gasteiger partial charge on any atom is -0.393 e. The predicted molar refractivity (Wildman–Crippen MR) is 63.7 cm³/mol. The SMILES string of the molecule is Cc1ccc(Nc2ncnc(Cl)c2N)cn1. The molecule has 0 aromatic carbocycles. The Kier molecular flexibility index (Phi) is 2.87. The number of halogens is 1. The summed E-state index contributed by atoms with van der Waals surface area (Å²) in [5.74, 6) is 0.477. The van der Waals surface area contributed by atoms with Crippen molar-refractivity contribution in [2.24, 2.45) is 0 Å². The van der Waals surface area contributed by atoms with Gasteiger partial charge in [-0.1, -0.05) is 11.6 Å². The number of nitrogens with one attached hydrogen (secondary N) is 1. The molecule has 82 valence electrons. The molecule has 0 unspecified atom stereocenters. The highest BCUT2D eigenvalue weighted by atomic mass is 35.5. The average Bonchev–Trinajstić information content (AvgIpc) is 2.28. The molecule has 3 N–H and O–H groups in total. The lowest BCUT2D eigenvalue weighted by Crippen LogP contribution is -2.01. The average molecular weight is 236 g/mol. The molecule has 0 aliphatic rings. The number of hydrogen-bond acceptors (Lipinski definition) is 5. The second-order valence-electron chi connectivity index (χ2n) is 3.24. The Labute approximate surface area is 97.7 Å². The van der Waals surface area contributed by atoms with Crippen LogP contribution in [0.3, 0.4) is 0 Å². The van der Waals surface area contributed by atoms with Gasteiger partial charge in [-0.05, 0) is 19.1 Å². The normalized spacial score (nSPS) is 10.1. The number of hydrogen-bond donors (Lipinski definition) is 2. The van der Waals surface area contributed by atoms with E-state index in [4.69, 9.17) is 17.3 Å². The van der Waals surface area contributed by atoms with Crippen molar-refractivity contribution in [1.29, 1.82) is 0 Å². The maximum Gasteiger partial charge on any atom is 0.158 e. The Hall–Kier alpha value is -1.88. The van der Waals surface area contributed by atoms with Crippen LogP contribution in [0.2, 0.25) is 5.15 Å². The summed E-state index contributed by atoms with van der Waals surface area (Å²) < 4.78 is 0. The van der Waals surface area contributed by atoms with Gasteiger partial charge in [-0.3, -0.25) is 4.98 Å². The van der Waals surface area contributed by atoms with E-state index in [1.165, 1.54) is 6.33 Å². The van der Waals surface area contributed by atoms with Crippen LogP contribution in [0.4, 0.5) is 17.2 Å². The first-order valence-electron chi connectivity index (χ1n) is 4.62. The predicted octanol–water partition coefficient (Wildman–Crippen LogP) is 2.16. The molecule has 0 aliphatic heterocycles. The molecule has 2 heterocycles. The van der Waals surface area contributed by atoms with Crippen LogP contribution in [0.5, 0.6) is 0 Å². The van der Waals surface area contributed by atoms with Crippen molar-refractivity contribution in [2.45, 2.75) is 6.92 Å². The van der Waals surface area contributed by atoms with Crippen LogP contribution in [0.25, 0.3) is 0 Å². The quantitative estimate of drug-likeness (QED) is 0.780. The minimum atomic E-state index is 0.234. The largest absolute Gasteiger partial charge is 0.393 e. The van der Waals surface area contributed by atoms with Crippen LogP contribution in [0, 0.1) is 6.92 Å². The van der Waals surface area contributed by atoms with Crippen LogP contribution >= 0.6 is 11.6 Å². The lowest BCUT2D eigenvalue weighted by Gasteiger charge is -2.07. The Balaban J connectivity index is 2.27. The maximum absolute atomic E-state index is 5.77. The lowest BCUT2D eigenvalue weighted by atomic mass is 10.3. The number of nitrogen functional groups attached to an aromatic ring is 1. The van der Waals surface area contributed by atoms with Crippen LogP contribution in [-0.2, 0) is 0 Å². The molecule has 0 radical (unpaired) electrons. The molecule has 0 saturated carbocycles. The van der Waals surface area contributed by atoms with Crippen molar-refractivity contribution in [3.8, 4) is 0 Å².